The van der Waals surface area contributed by atoms with E-state index in [1.54, 1.807) is 13.8 Å². The molecule has 0 aromatic heterocycles. The number of ether oxygens (including phenoxy) is 2. The molecule has 4 nitrogen and oxygen atoms in total. The lowest BCUT2D eigenvalue weighted by Crippen LogP contribution is -2.40. The molecule has 0 heterocycles. The second kappa shape index (κ2) is 5.34. The number of esters is 2. The molecule has 0 N–H and O–H groups in total. The van der Waals surface area contributed by atoms with Crippen molar-refractivity contribution in [1.82, 2.24) is 0 Å². The summed E-state index contributed by atoms with van der Waals surface area (Å²) in [5, 5.41) is 0. The van der Waals surface area contributed by atoms with Gasteiger partial charge in [0.15, 0.2) is 5.41 Å². The van der Waals surface area contributed by atoms with Crippen molar-refractivity contribution in [3.05, 3.63) is 11.1 Å². The van der Waals surface area contributed by atoms with Crippen molar-refractivity contribution in [2.75, 3.05) is 13.2 Å². The molecule has 0 aromatic carbocycles. The largest absolute Gasteiger partial charge is 0.465 e. The summed E-state index contributed by atoms with van der Waals surface area (Å²) >= 11 is 0. The van der Waals surface area contributed by atoms with Crippen LogP contribution in [0.1, 0.15) is 40.5 Å². The van der Waals surface area contributed by atoms with Gasteiger partial charge in [0.05, 0.1) is 13.2 Å². The summed E-state index contributed by atoms with van der Waals surface area (Å²) in [6.45, 7) is 7.90. The molecule has 0 bridgehead atoms. The standard InChI is InChI=1S/C13H20O4/c1-5-16-11(14)13(12(15)17-6-2)7-9(3)10(4)8-13/h5-8H2,1-4H3. The summed E-state index contributed by atoms with van der Waals surface area (Å²) in [5.41, 5.74) is 1.01. The third kappa shape index (κ3) is 2.51. The zero-order valence-electron chi connectivity index (χ0n) is 11.0. The van der Waals surface area contributed by atoms with Crippen LogP contribution in [0.3, 0.4) is 0 Å². The number of hydrogen-bond donors (Lipinski definition) is 0. The Morgan fingerprint density at radius 2 is 1.35 bits per heavy atom. The molecule has 96 valence electrons. The highest BCUT2D eigenvalue weighted by atomic mass is 16.6. The number of allylic oxidation sites excluding steroid dienone is 2. The molecule has 1 rings (SSSR count). The van der Waals surface area contributed by atoms with Gasteiger partial charge < -0.3 is 9.47 Å². The van der Waals surface area contributed by atoms with Crippen molar-refractivity contribution in [3.8, 4) is 0 Å². The van der Waals surface area contributed by atoms with Gasteiger partial charge in [-0.15, -0.1) is 0 Å². The Morgan fingerprint density at radius 1 is 1.00 bits per heavy atom. The smallest absolute Gasteiger partial charge is 0.324 e. The van der Waals surface area contributed by atoms with E-state index in [1.165, 1.54) is 0 Å². The summed E-state index contributed by atoms with van der Waals surface area (Å²) in [7, 11) is 0. The maximum atomic E-state index is 12.0. The van der Waals surface area contributed by atoms with Crippen molar-refractivity contribution in [2.24, 2.45) is 5.41 Å². The van der Waals surface area contributed by atoms with Crippen LogP contribution < -0.4 is 0 Å². The molecule has 17 heavy (non-hydrogen) atoms. The summed E-state index contributed by atoms with van der Waals surface area (Å²) in [4.78, 5) is 24.0. The highest BCUT2D eigenvalue weighted by Gasteiger charge is 2.52. The van der Waals surface area contributed by atoms with Crippen LogP contribution >= 0.6 is 0 Å². The van der Waals surface area contributed by atoms with Gasteiger partial charge in [-0.1, -0.05) is 11.1 Å². The van der Waals surface area contributed by atoms with E-state index in [1.807, 2.05) is 13.8 Å². The van der Waals surface area contributed by atoms with Gasteiger partial charge in [0.25, 0.3) is 0 Å². The molecule has 0 fully saturated rings. The van der Waals surface area contributed by atoms with Gasteiger partial charge in [-0.25, -0.2) is 0 Å². The Bertz CT molecular complexity index is 320. The summed E-state index contributed by atoms with van der Waals surface area (Å²) in [6, 6.07) is 0. The predicted molar refractivity (Wildman–Crippen MR) is 63.3 cm³/mol. The average Bonchev–Trinajstić information content (AvgIpc) is 2.57. The van der Waals surface area contributed by atoms with Crippen LogP contribution in [-0.4, -0.2) is 25.2 Å². The van der Waals surface area contributed by atoms with Gasteiger partial charge in [-0.3, -0.25) is 9.59 Å². The van der Waals surface area contributed by atoms with Crippen LogP contribution in [0.15, 0.2) is 11.1 Å². The van der Waals surface area contributed by atoms with E-state index >= 15 is 0 Å². The van der Waals surface area contributed by atoms with Gasteiger partial charge in [0, 0.05) is 0 Å². The predicted octanol–water partition coefficient (Wildman–Crippen LogP) is 2.23. The number of hydrogen-bond acceptors (Lipinski definition) is 4. The monoisotopic (exact) mass is 240 g/mol. The maximum absolute atomic E-state index is 12.0. The van der Waals surface area contributed by atoms with E-state index in [9.17, 15) is 9.59 Å². The molecule has 4 heteroatoms. The average molecular weight is 240 g/mol. The Morgan fingerprint density at radius 3 is 1.65 bits per heavy atom. The minimum atomic E-state index is -1.14. The first-order chi connectivity index (χ1) is 7.97. The van der Waals surface area contributed by atoms with Gasteiger partial charge >= 0.3 is 11.9 Å². The molecule has 0 spiro atoms. The van der Waals surface area contributed by atoms with Gasteiger partial charge in [-0.2, -0.15) is 0 Å². The first-order valence-corrected chi connectivity index (χ1v) is 5.97. The topological polar surface area (TPSA) is 52.6 Å². The molecule has 1 aliphatic rings. The second-order valence-corrected chi connectivity index (χ2v) is 4.44. The van der Waals surface area contributed by atoms with E-state index < -0.39 is 17.4 Å². The van der Waals surface area contributed by atoms with E-state index in [4.69, 9.17) is 9.47 Å². The molecule has 0 saturated heterocycles. The lowest BCUT2D eigenvalue weighted by atomic mass is 9.84. The Hall–Kier alpha value is -1.32. The number of carbonyl (C=O) groups excluding carboxylic acids is 2. The highest BCUT2D eigenvalue weighted by molar-refractivity contribution is 6.01. The first kappa shape index (κ1) is 13.7. The van der Waals surface area contributed by atoms with Crippen molar-refractivity contribution >= 4 is 11.9 Å². The number of carbonyl (C=O) groups is 2. The third-order valence-corrected chi connectivity index (χ3v) is 3.19. The molecule has 0 radical (unpaired) electrons. The fourth-order valence-electron chi connectivity index (χ4n) is 2.18. The van der Waals surface area contributed by atoms with Crippen LogP contribution in [0.5, 0.6) is 0 Å². The summed E-state index contributed by atoms with van der Waals surface area (Å²) < 4.78 is 10.1. The molecule has 0 aromatic rings. The normalized spacial score (nSPS) is 18.1. The molecule has 0 unspecified atom stereocenters. The van der Waals surface area contributed by atoms with Crippen LogP contribution in [0, 0.1) is 5.41 Å². The molecule has 0 amide bonds. The van der Waals surface area contributed by atoms with Crippen LogP contribution in [0.2, 0.25) is 0 Å². The van der Waals surface area contributed by atoms with E-state index in [-0.39, 0.29) is 13.2 Å². The zero-order valence-corrected chi connectivity index (χ0v) is 11.0. The van der Waals surface area contributed by atoms with Gasteiger partial charge in [0.1, 0.15) is 0 Å². The maximum Gasteiger partial charge on any atom is 0.324 e. The van der Waals surface area contributed by atoms with E-state index in [0.29, 0.717) is 12.8 Å². The van der Waals surface area contributed by atoms with Gasteiger partial charge in [-0.05, 0) is 40.5 Å². The van der Waals surface area contributed by atoms with Crippen molar-refractivity contribution in [1.29, 1.82) is 0 Å². The number of rotatable bonds is 4. The van der Waals surface area contributed by atoms with Crippen LogP contribution in [0.25, 0.3) is 0 Å². The van der Waals surface area contributed by atoms with Crippen molar-refractivity contribution < 1.29 is 19.1 Å². The van der Waals surface area contributed by atoms with Crippen LogP contribution in [0.4, 0.5) is 0 Å². The molecular formula is C13H20O4. The SMILES string of the molecule is CCOC(=O)C1(C(=O)OCC)CC(C)=C(C)C1. The molecule has 0 atom stereocenters. The second-order valence-electron chi connectivity index (χ2n) is 4.44. The lowest BCUT2D eigenvalue weighted by molar-refractivity contribution is -0.171. The Balaban J connectivity index is 2.96. The first-order valence-electron chi connectivity index (χ1n) is 5.97. The zero-order chi connectivity index (χ0) is 13.1. The molecule has 0 saturated carbocycles. The van der Waals surface area contributed by atoms with Gasteiger partial charge in [0.2, 0.25) is 0 Å². The third-order valence-electron chi connectivity index (χ3n) is 3.19. The summed E-state index contributed by atoms with van der Waals surface area (Å²) in [6.07, 6.45) is 0.826. The minimum absolute atomic E-state index is 0.276. The lowest BCUT2D eigenvalue weighted by Gasteiger charge is -2.24. The summed E-state index contributed by atoms with van der Waals surface area (Å²) in [5.74, 6) is -0.927. The molecular weight excluding hydrogens is 220 g/mol. The fraction of sp³-hybridized carbons (Fsp3) is 0.692. The highest BCUT2D eigenvalue weighted by Crippen LogP contribution is 2.43. The van der Waals surface area contributed by atoms with Crippen molar-refractivity contribution in [3.63, 3.8) is 0 Å². The quantitative estimate of drug-likeness (QED) is 0.429. The van der Waals surface area contributed by atoms with Crippen LogP contribution in [-0.2, 0) is 19.1 Å². The van der Waals surface area contributed by atoms with E-state index in [2.05, 4.69) is 0 Å². The minimum Gasteiger partial charge on any atom is -0.465 e. The fourth-order valence-corrected chi connectivity index (χ4v) is 2.18. The Labute approximate surface area is 102 Å². The van der Waals surface area contributed by atoms with E-state index in [0.717, 1.165) is 11.1 Å². The van der Waals surface area contributed by atoms with Crippen molar-refractivity contribution in [2.45, 2.75) is 40.5 Å². The molecule has 0 aliphatic heterocycles. The Kier molecular flexibility index (Phi) is 4.32. The molecule has 1 aliphatic carbocycles.